The number of hydrogen-bond donors (Lipinski definition) is 1. The molecule has 0 saturated heterocycles. The van der Waals surface area contributed by atoms with Crippen molar-refractivity contribution in [2.75, 3.05) is 7.05 Å². The molecule has 3 rings (SSSR count). The van der Waals surface area contributed by atoms with Gasteiger partial charge < -0.3 is 10.2 Å². The molecule has 6 heteroatoms. The fourth-order valence-electron chi connectivity index (χ4n) is 2.71. The minimum absolute atomic E-state index is 0.185. The van der Waals surface area contributed by atoms with Crippen molar-refractivity contribution in [3.8, 4) is 0 Å². The Morgan fingerprint density at radius 2 is 1.63 bits per heavy atom. The van der Waals surface area contributed by atoms with Crippen molar-refractivity contribution in [1.82, 2.24) is 10.2 Å². The number of benzene rings is 2. The summed E-state index contributed by atoms with van der Waals surface area (Å²) in [6.45, 7) is 0.431. The van der Waals surface area contributed by atoms with Crippen molar-refractivity contribution in [1.29, 1.82) is 0 Å². The third kappa shape index (κ3) is 4.96. The Labute approximate surface area is 167 Å². The molecule has 0 spiro atoms. The van der Waals surface area contributed by atoms with Crippen LogP contribution < -0.4 is 5.32 Å². The van der Waals surface area contributed by atoms with E-state index < -0.39 is 6.04 Å². The maximum Gasteiger partial charge on any atom is 0.252 e. The van der Waals surface area contributed by atoms with Crippen LogP contribution in [0.3, 0.4) is 0 Å². The van der Waals surface area contributed by atoms with E-state index in [1.807, 2.05) is 48.5 Å². The molecule has 3 aromatic rings. The summed E-state index contributed by atoms with van der Waals surface area (Å²) in [6, 6.07) is 21.1. The van der Waals surface area contributed by atoms with Gasteiger partial charge in [-0.3, -0.25) is 9.59 Å². The van der Waals surface area contributed by atoms with Crippen molar-refractivity contribution < 1.29 is 9.59 Å². The molecule has 0 aliphatic rings. The molecule has 4 nitrogen and oxygen atoms in total. The maximum atomic E-state index is 13.1. The number of halogens is 1. The number of carbonyl (C=O) groups excluding carboxylic acids is 2. The first kappa shape index (κ1) is 19.1. The molecule has 0 saturated carbocycles. The molecular weight excluding hydrogens is 380 g/mol. The number of hydrogen-bond acceptors (Lipinski definition) is 3. The Morgan fingerprint density at radius 3 is 2.22 bits per heavy atom. The van der Waals surface area contributed by atoms with Crippen molar-refractivity contribution in [2.24, 2.45) is 0 Å². The number of amides is 2. The lowest BCUT2D eigenvalue weighted by molar-refractivity contribution is -0.132. The average molecular weight is 399 g/mol. The third-order valence-corrected chi connectivity index (χ3v) is 5.31. The first-order chi connectivity index (χ1) is 13.0. The predicted molar refractivity (Wildman–Crippen MR) is 109 cm³/mol. The Kier molecular flexibility index (Phi) is 6.27. The fraction of sp³-hybridized carbons (Fsp3) is 0.143. The molecule has 2 aromatic carbocycles. The summed E-state index contributed by atoms with van der Waals surface area (Å²) < 4.78 is 0.683. The van der Waals surface area contributed by atoms with Crippen LogP contribution in [-0.4, -0.2) is 23.8 Å². The normalized spacial score (nSPS) is 11.6. The third-order valence-electron chi connectivity index (χ3n) is 4.09. The molecule has 1 unspecified atom stereocenters. The van der Waals surface area contributed by atoms with Gasteiger partial charge in [-0.15, -0.1) is 11.3 Å². The van der Waals surface area contributed by atoms with E-state index in [1.54, 1.807) is 36.2 Å². The summed E-state index contributed by atoms with van der Waals surface area (Å²) in [5.41, 5.74) is 1.25. The minimum Gasteiger partial charge on any atom is -0.339 e. The van der Waals surface area contributed by atoms with Gasteiger partial charge in [0, 0.05) is 17.5 Å². The highest BCUT2D eigenvalue weighted by Gasteiger charge is 2.26. The lowest BCUT2D eigenvalue weighted by Crippen LogP contribution is -2.41. The molecule has 0 aliphatic heterocycles. The van der Waals surface area contributed by atoms with E-state index in [9.17, 15) is 9.59 Å². The van der Waals surface area contributed by atoms with Crippen LogP contribution in [0.1, 0.15) is 26.8 Å². The predicted octanol–water partition coefficient (Wildman–Crippen LogP) is 4.53. The van der Waals surface area contributed by atoms with E-state index in [4.69, 9.17) is 11.6 Å². The maximum absolute atomic E-state index is 13.1. The van der Waals surface area contributed by atoms with Crippen LogP contribution >= 0.6 is 22.9 Å². The van der Waals surface area contributed by atoms with Crippen molar-refractivity contribution in [3.63, 3.8) is 0 Å². The van der Waals surface area contributed by atoms with E-state index in [-0.39, 0.29) is 11.8 Å². The summed E-state index contributed by atoms with van der Waals surface area (Å²) in [5.74, 6) is -0.472. The smallest absolute Gasteiger partial charge is 0.252 e. The van der Waals surface area contributed by atoms with Gasteiger partial charge in [-0.1, -0.05) is 60.1 Å². The lowest BCUT2D eigenvalue weighted by Gasteiger charge is -2.24. The van der Waals surface area contributed by atoms with Crippen molar-refractivity contribution in [2.45, 2.75) is 12.6 Å². The fourth-order valence-corrected chi connectivity index (χ4v) is 3.85. The molecular formula is C21H19ClN2O2S. The zero-order chi connectivity index (χ0) is 19.2. The number of nitrogens with one attached hydrogen (secondary N) is 1. The van der Waals surface area contributed by atoms with Gasteiger partial charge in [0.25, 0.3) is 5.91 Å². The minimum atomic E-state index is -0.764. The zero-order valence-corrected chi connectivity index (χ0v) is 16.3. The summed E-state index contributed by atoms with van der Waals surface area (Å²) in [5, 5.41) is 2.87. The Hall–Kier alpha value is -2.63. The van der Waals surface area contributed by atoms with E-state index in [0.29, 0.717) is 16.4 Å². The van der Waals surface area contributed by atoms with Crippen molar-refractivity contribution >= 4 is 34.8 Å². The van der Waals surface area contributed by atoms with Gasteiger partial charge in [-0.25, -0.2) is 0 Å². The van der Waals surface area contributed by atoms with E-state index in [2.05, 4.69) is 5.32 Å². The second-order valence-corrected chi connectivity index (χ2v) is 7.88. The molecule has 0 bridgehead atoms. The second kappa shape index (κ2) is 8.84. The molecule has 0 aliphatic carbocycles. The Morgan fingerprint density at radius 1 is 1.00 bits per heavy atom. The molecule has 2 amide bonds. The van der Waals surface area contributed by atoms with Crippen LogP contribution in [0.2, 0.25) is 4.34 Å². The van der Waals surface area contributed by atoms with Gasteiger partial charge >= 0.3 is 0 Å². The quantitative estimate of drug-likeness (QED) is 0.663. The summed E-state index contributed by atoms with van der Waals surface area (Å²) >= 11 is 7.41. The Balaban J connectivity index is 1.81. The van der Waals surface area contributed by atoms with Gasteiger partial charge in [0.2, 0.25) is 5.91 Å². The summed E-state index contributed by atoms with van der Waals surface area (Å²) in [4.78, 5) is 28.3. The zero-order valence-electron chi connectivity index (χ0n) is 14.8. The van der Waals surface area contributed by atoms with Gasteiger partial charge in [0.1, 0.15) is 6.04 Å². The molecule has 0 fully saturated rings. The van der Waals surface area contributed by atoms with E-state index in [0.717, 1.165) is 10.4 Å². The van der Waals surface area contributed by atoms with Crippen LogP contribution in [-0.2, 0) is 11.3 Å². The van der Waals surface area contributed by atoms with Crippen LogP contribution in [0.25, 0.3) is 0 Å². The lowest BCUT2D eigenvalue weighted by atomic mass is 10.0. The van der Waals surface area contributed by atoms with Gasteiger partial charge in [0.05, 0.1) is 10.9 Å². The second-order valence-electron chi connectivity index (χ2n) is 6.08. The number of thiophene rings is 1. The van der Waals surface area contributed by atoms with Crippen LogP contribution in [0, 0.1) is 0 Å². The largest absolute Gasteiger partial charge is 0.339 e. The van der Waals surface area contributed by atoms with E-state index in [1.165, 1.54) is 11.3 Å². The first-order valence-electron chi connectivity index (χ1n) is 8.44. The topological polar surface area (TPSA) is 49.4 Å². The highest BCUT2D eigenvalue weighted by atomic mass is 35.5. The molecule has 27 heavy (non-hydrogen) atoms. The number of likely N-dealkylation sites (N-methyl/N-ethyl adjacent to an activating group) is 1. The number of rotatable bonds is 6. The standard InChI is InChI=1S/C21H19ClN2O2S/c1-24(14-17-12-13-18(22)27-17)21(26)19(15-8-4-2-5-9-15)23-20(25)16-10-6-3-7-11-16/h2-13,19H,14H2,1H3,(H,23,25). The van der Waals surface area contributed by atoms with Crippen LogP contribution in [0.5, 0.6) is 0 Å². The first-order valence-corrected chi connectivity index (χ1v) is 9.64. The highest BCUT2D eigenvalue weighted by molar-refractivity contribution is 7.16. The molecule has 1 N–H and O–H groups in total. The molecule has 1 heterocycles. The highest BCUT2D eigenvalue weighted by Crippen LogP contribution is 2.24. The average Bonchev–Trinajstić information content (AvgIpc) is 3.11. The molecule has 0 radical (unpaired) electrons. The molecule has 1 atom stereocenters. The number of carbonyl (C=O) groups is 2. The SMILES string of the molecule is CN(Cc1ccc(Cl)s1)C(=O)C(NC(=O)c1ccccc1)c1ccccc1. The van der Waals surface area contributed by atoms with E-state index >= 15 is 0 Å². The van der Waals surface area contributed by atoms with Crippen LogP contribution in [0.15, 0.2) is 72.8 Å². The van der Waals surface area contributed by atoms with Gasteiger partial charge in [-0.05, 0) is 29.8 Å². The Bertz CT molecular complexity index is 912. The monoisotopic (exact) mass is 398 g/mol. The van der Waals surface area contributed by atoms with Crippen molar-refractivity contribution in [3.05, 3.63) is 93.1 Å². The number of nitrogens with zero attached hydrogens (tertiary/aromatic N) is 1. The summed E-state index contributed by atoms with van der Waals surface area (Å²) in [7, 11) is 1.72. The van der Waals surface area contributed by atoms with Crippen LogP contribution in [0.4, 0.5) is 0 Å². The van der Waals surface area contributed by atoms with Gasteiger partial charge in [-0.2, -0.15) is 0 Å². The van der Waals surface area contributed by atoms with Gasteiger partial charge in [0.15, 0.2) is 0 Å². The summed E-state index contributed by atoms with van der Waals surface area (Å²) in [6.07, 6.45) is 0. The molecule has 1 aromatic heterocycles. The molecule has 138 valence electrons.